The fourth-order valence-electron chi connectivity index (χ4n) is 2.64. The Bertz CT molecular complexity index is 1140. The SMILES string of the molecule is Cc1cc(S(=O)(=O)NCCNc2cnn(-c3ccccc3)c(=O)c2Cl)c(C)s1. The summed E-state index contributed by atoms with van der Waals surface area (Å²) in [5.41, 5.74) is 0.499. The van der Waals surface area contributed by atoms with Gasteiger partial charge in [0, 0.05) is 22.8 Å². The summed E-state index contributed by atoms with van der Waals surface area (Å²) in [5.74, 6) is 0. The molecule has 0 aliphatic carbocycles. The van der Waals surface area contributed by atoms with E-state index >= 15 is 0 Å². The van der Waals surface area contributed by atoms with Gasteiger partial charge in [-0.1, -0.05) is 29.8 Å². The second kappa shape index (κ2) is 8.44. The van der Waals surface area contributed by atoms with E-state index in [0.717, 1.165) is 9.75 Å². The van der Waals surface area contributed by atoms with Gasteiger partial charge in [0.05, 0.1) is 22.5 Å². The van der Waals surface area contributed by atoms with Crippen molar-refractivity contribution in [2.75, 3.05) is 18.4 Å². The third-order valence-corrected chi connectivity index (χ3v) is 6.98. The van der Waals surface area contributed by atoms with E-state index < -0.39 is 15.6 Å². The molecular formula is C18H19ClN4O3S2. The molecule has 0 amide bonds. The van der Waals surface area contributed by atoms with Crippen LogP contribution in [0.1, 0.15) is 9.75 Å². The van der Waals surface area contributed by atoms with Crippen LogP contribution in [-0.2, 0) is 10.0 Å². The zero-order valence-electron chi connectivity index (χ0n) is 15.3. The minimum absolute atomic E-state index is 0.00832. The van der Waals surface area contributed by atoms with Crippen molar-refractivity contribution in [1.29, 1.82) is 0 Å². The molecule has 0 saturated carbocycles. The Morgan fingerprint density at radius 1 is 1.18 bits per heavy atom. The highest BCUT2D eigenvalue weighted by molar-refractivity contribution is 7.89. The molecule has 0 aliphatic rings. The second-order valence-electron chi connectivity index (χ2n) is 6.03. The summed E-state index contributed by atoms with van der Waals surface area (Å²) in [7, 11) is -3.58. The number of nitrogens with one attached hydrogen (secondary N) is 2. The lowest BCUT2D eigenvalue weighted by atomic mass is 10.3. The quantitative estimate of drug-likeness (QED) is 0.553. The molecular weight excluding hydrogens is 420 g/mol. The first-order valence-electron chi connectivity index (χ1n) is 8.43. The molecule has 28 heavy (non-hydrogen) atoms. The number of sulfonamides is 1. The molecule has 2 heterocycles. The van der Waals surface area contributed by atoms with E-state index in [-0.39, 0.29) is 18.1 Å². The average Bonchev–Trinajstić information content (AvgIpc) is 3.02. The second-order valence-corrected chi connectivity index (χ2v) is 9.60. The highest BCUT2D eigenvalue weighted by Crippen LogP contribution is 2.24. The summed E-state index contributed by atoms with van der Waals surface area (Å²) in [5, 5.41) is 7.05. The molecule has 0 aliphatic heterocycles. The lowest BCUT2D eigenvalue weighted by Crippen LogP contribution is -2.30. The first-order valence-corrected chi connectivity index (χ1v) is 11.1. The number of halogens is 1. The van der Waals surface area contributed by atoms with Crippen molar-refractivity contribution < 1.29 is 8.42 Å². The van der Waals surface area contributed by atoms with Gasteiger partial charge in [0.15, 0.2) is 0 Å². The number of thiophene rings is 1. The number of hydrogen-bond donors (Lipinski definition) is 2. The summed E-state index contributed by atoms with van der Waals surface area (Å²) in [6.45, 7) is 4.02. The standard InChI is InChI=1S/C18H19ClN4O3S2/c1-12-10-16(13(2)27-12)28(25,26)22-9-8-20-15-11-21-23(18(24)17(15)19)14-6-4-3-5-7-14/h3-7,10-11,20,22H,8-9H2,1-2H3. The van der Waals surface area contributed by atoms with E-state index in [4.69, 9.17) is 11.6 Å². The van der Waals surface area contributed by atoms with Crippen molar-refractivity contribution >= 4 is 38.6 Å². The molecule has 0 radical (unpaired) electrons. The Hall–Kier alpha value is -2.20. The highest BCUT2D eigenvalue weighted by Gasteiger charge is 2.18. The van der Waals surface area contributed by atoms with Crippen LogP contribution in [0.5, 0.6) is 0 Å². The average molecular weight is 439 g/mol. The first-order chi connectivity index (χ1) is 13.3. The Balaban J connectivity index is 1.65. The van der Waals surface area contributed by atoms with E-state index in [0.29, 0.717) is 16.3 Å². The third kappa shape index (κ3) is 4.44. The third-order valence-electron chi connectivity index (χ3n) is 3.94. The Labute approximate surface area is 172 Å². The number of aromatic nitrogens is 2. The number of benzene rings is 1. The molecule has 0 spiro atoms. The van der Waals surface area contributed by atoms with Crippen LogP contribution in [0.3, 0.4) is 0 Å². The molecule has 0 fully saturated rings. The van der Waals surface area contributed by atoms with Gasteiger partial charge in [-0.25, -0.2) is 13.1 Å². The van der Waals surface area contributed by atoms with E-state index in [1.165, 1.54) is 22.2 Å². The molecule has 0 atom stereocenters. The Morgan fingerprint density at radius 3 is 2.54 bits per heavy atom. The Kier molecular flexibility index (Phi) is 6.19. The number of para-hydroxylation sites is 1. The lowest BCUT2D eigenvalue weighted by Gasteiger charge is -2.11. The van der Waals surface area contributed by atoms with Gasteiger partial charge in [-0.15, -0.1) is 11.3 Å². The fraction of sp³-hybridized carbons (Fsp3) is 0.222. The van der Waals surface area contributed by atoms with Crippen LogP contribution < -0.4 is 15.6 Å². The zero-order valence-corrected chi connectivity index (χ0v) is 17.7. The minimum Gasteiger partial charge on any atom is -0.381 e. The van der Waals surface area contributed by atoms with Crippen molar-refractivity contribution in [3.63, 3.8) is 0 Å². The van der Waals surface area contributed by atoms with Crippen LogP contribution in [0.25, 0.3) is 5.69 Å². The molecule has 0 bridgehead atoms. The summed E-state index contributed by atoms with van der Waals surface area (Å²) < 4.78 is 28.5. The largest absolute Gasteiger partial charge is 0.381 e. The molecule has 148 valence electrons. The van der Waals surface area contributed by atoms with E-state index in [1.807, 2.05) is 13.0 Å². The van der Waals surface area contributed by atoms with Gasteiger partial charge in [0.2, 0.25) is 10.0 Å². The molecule has 2 N–H and O–H groups in total. The number of hydrogen-bond acceptors (Lipinski definition) is 6. The Morgan fingerprint density at radius 2 is 1.89 bits per heavy atom. The number of nitrogens with zero attached hydrogens (tertiary/aromatic N) is 2. The predicted molar refractivity (Wildman–Crippen MR) is 112 cm³/mol. The van der Waals surface area contributed by atoms with Crippen LogP contribution >= 0.6 is 22.9 Å². The highest BCUT2D eigenvalue weighted by atomic mass is 35.5. The van der Waals surface area contributed by atoms with Gasteiger partial charge >= 0.3 is 0 Å². The van der Waals surface area contributed by atoms with Crippen LogP contribution in [0.15, 0.2) is 52.3 Å². The minimum atomic E-state index is -3.58. The van der Waals surface area contributed by atoms with Gasteiger partial charge in [0.1, 0.15) is 5.02 Å². The normalized spacial score (nSPS) is 11.5. The van der Waals surface area contributed by atoms with Crippen LogP contribution in [-0.4, -0.2) is 31.3 Å². The van der Waals surface area contributed by atoms with Gasteiger partial charge in [-0.05, 0) is 32.0 Å². The molecule has 1 aromatic carbocycles. The molecule has 2 aromatic heterocycles. The topological polar surface area (TPSA) is 93.1 Å². The van der Waals surface area contributed by atoms with Crippen molar-refractivity contribution in [2.45, 2.75) is 18.7 Å². The maximum absolute atomic E-state index is 12.4. The monoisotopic (exact) mass is 438 g/mol. The fourth-order valence-corrected chi connectivity index (χ4v) is 5.42. The number of aryl methyl sites for hydroxylation is 2. The summed E-state index contributed by atoms with van der Waals surface area (Å²) in [4.78, 5) is 14.4. The zero-order chi connectivity index (χ0) is 20.3. The van der Waals surface area contributed by atoms with Crippen molar-refractivity contribution in [3.05, 3.63) is 67.7 Å². The van der Waals surface area contributed by atoms with Crippen LogP contribution in [0.4, 0.5) is 5.69 Å². The first kappa shape index (κ1) is 20.5. The van der Waals surface area contributed by atoms with Crippen molar-refractivity contribution in [1.82, 2.24) is 14.5 Å². The van der Waals surface area contributed by atoms with Crippen molar-refractivity contribution in [3.8, 4) is 5.69 Å². The summed E-state index contributed by atoms with van der Waals surface area (Å²) in [6, 6.07) is 10.6. The van der Waals surface area contributed by atoms with Crippen LogP contribution in [0.2, 0.25) is 5.02 Å². The number of rotatable bonds is 7. The molecule has 10 heteroatoms. The molecule has 0 saturated heterocycles. The smallest absolute Gasteiger partial charge is 0.292 e. The molecule has 3 aromatic rings. The maximum atomic E-state index is 12.4. The van der Waals surface area contributed by atoms with E-state index in [1.54, 1.807) is 37.3 Å². The van der Waals surface area contributed by atoms with Gasteiger partial charge < -0.3 is 5.32 Å². The van der Waals surface area contributed by atoms with Gasteiger partial charge in [-0.2, -0.15) is 9.78 Å². The molecule has 3 rings (SSSR count). The summed E-state index contributed by atoms with van der Waals surface area (Å²) in [6.07, 6.45) is 1.44. The molecule has 0 unspecified atom stereocenters. The van der Waals surface area contributed by atoms with Crippen LogP contribution in [0, 0.1) is 13.8 Å². The van der Waals surface area contributed by atoms with Crippen molar-refractivity contribution in [2.24, 2.45) is 0 Å². The summed E-state index contributed by atoms with van der Waals surface area (Å²) >= 11 is 7.60. The number of anilines is 1. The van der Waals surface area contributed by atoms with E-state index in [2.05, 4.69) is 15.1 Å². The van der Waals surface area contributed by atoms with E-state index in [9.17, 15) is 13.2 Å². The maximum Gasteiger partial charge on any atom is 0.292 e. The van der Waals surface area contributed by atoms with Gasteiger partial charge in [-0.3, -0.25) is 4.79 Å². The lowest BCUT2D eigenvalue weighted by molar-refractivity contribution is 0.582. The van der Waals surface area contributed by atoms with Gasteiger partial charge in [0.25, 0.3) is 5.56 Å². The predicted octanol–water partition coefficient (Wildman–Crippen LogP) is 2.95. The molecule has 7 nitrogen and oxygen atoms in total.